The van der Waals surface area contributed by atoms with Gasteiger partial charge in [0.05, 0.1) is 12.7 Å². The molecular formula is C16H20N2O2. The second-order valence-electron chi connectivity index (χ2n) is 5.14. The molecule has 20 heavy (non-hydrogen) atoms. The molecule has 0 aliphatic heterocycles. The first-order chi connectivity index (χ1) is 9.74. The molecule has 1 aliphatic rings. The topological polar surface area (TPSA) is 62.1 Å². The Hall–Kier alpha value is -2.02. The number of nitrogens with one attached hydrogen (secondary N) is 1. The molecule has 1 atom stereocenters. The van der Waals surface area contributed by atoms with Crippen LogP contribution in [0.15, 0.2) is 24.3 Å². The Kier molecular flexibility index (Phi) is 5.00. The molecule has 0 spiro atoms. The van der Waals surface area contributed by atoms with Crippen LogP contribution in [0.1, 0.15) is 43.0 Å². The molecule has 1 amide bonds. The number of carbonyl (C=O) groups excluding carboxylic acids is 1. The molecule has 1 aliphatic carbocycles. The number of hydrogen-bond acceptors (Lipinski definition) is 3. The fraction of sp³-hybridized carbons (Fsp3) is 0.500. The highest BCUT2D eigenvalue weighted by Gasteiger charge is 2.32. The van der Waals surface area contributed by atoms with Crippen LogP contribution in [0, 0.1) is 17.2 Å². The molecule has 1 fully saturated rings. The van der Waals surface area contributed by atoms with Crippen LogP contribution >= 0.6 is 0 Å². The van der Waals surface area contributed by atoms with E-state index in [1.807, 2.05) is 0 Å². The van der Waals surface area contributed by atoms with Gasteiger partial charge in [-0.1, -0.05) is 13.3 Å². The predicted molar refractivity (Wildman–Crippen MR) is 76.4 cm³/mol. The molecular weight excluding hydrogens is 252 g/mol. The van der Waals surface area contributed by atoms with E-state index in [4.69, 9.17) is 10.00 Å². The Morgan fingerprint density at radius 2 is 2.15 bits per heavy atom. The van der Waals surface area contributed by atoms with Crippen LogP contribution in [-0.4, -0.2) is 18.6 Å². The van der Waals surface area contributed by atoms with Gasteiger partial charge in [0.2, 0.25) is 0 Å². The quantitative estimate of drug-likeness (QED) is 0.776. The summed E-state index contributed by atoms with van der Waals surface area (Å²) in [6.45, 7) is 2.81. The number of benzene rings is 1. The minimum Gasteiger partial charge on any atom is -0.494 e. The number of ether oxygens (including phenoxy) is 1. The van der Waals surface area contributed by atoms with Crippen LogP contribution in [0.5, 0.6) is 5.75 Å². The molecule has 0 radical (unpaired) electrons. The lowest BCUT2D eigenvalue weighted by Gasteiger charge is -2.11. The van der Waals surface area contributed by atoms with Crippen LogP contribution in [0.4, 0.5) is 0 Å². The zero-order chi connectivity index (χ0) is 14.4. The van der Waals surface area contributed by atoms with Gasteiger partial charge in [0.1, 0.15) is 11.8 Å². The third-order valence-electron chi connectivity index (χ3n) is 3.40. The Labute approximate surface area is 119 Å². The van der Waals surface area contributed by atoms with Crippen molar-refractivity contribution in [1.82, 2.24) is 5.32 Å². The number of hydrogen-bond donors (Lipinski definition) is 1. The van der Waals surface area contributed by atoms with E-state index in [-0.39, 0.29) is 11.9 Å². The van der Waals surface area contributed by atoms with Crippen molar-refractivity contribution < 1.29 is 9.53 Å². The molecule has 1 unspecified atom stereocenters. The van der Waals surface area contributed by atoms with Crippen molar-refractivity contribution in [3.63, 3.8) is 0 Å². The molecule has 0 heterocycles. The summed E-state index contributed by atoms with van der Waals surface area (Å²) >= 11 is 0. The largest absolute Gasteiger partial charge is 0.494 e. The number of amides is 1. The van der Waals surface area contributed by atoms with E-state index in [1.54, 1.807) is 24.3 Å². The minimum absolute atomic E-state index is 0.191. The van der Waals surface area contributed by atoms with Crippen molar-refractivity contribution >= 4 is 5.91 Å². The summed E-state index contributed by atoms with van der Waals surface area (Å²) in [5.41, 5.74) is 0.564. The number of nitrogens with zero attached hydrogens (tertiary/aromatic N) is 1. The van der Waals surface area contributed by atoms with Gasteiger partial charge in [0.15, 0.2) is 0 Å². The Morgan fingerprint density at radius 3 is 2.70 bits per heavy atom. The van der Waals surface area contributed by atoms with Gasteiger partial charge in [0.25, 0.3) is 5.91 Å². The van der Waals surface area contributed by atoms with Crippen LogP contribution in [0.25, 0.3) is 0 Å². The first kappa shape index (κ1) is 14.4. The summed E-state index contributed by atoms with van der Waals surface area (Å²) in [7, 11) is 0. The van der Waals surface area contributed by atoms with Gasteiger partial charge < -0.3 is 10.1 Å². The summed E-state index contributed by atoms with van der Waals surface area (Å²) in [6, 6.07) is 8.85. The lowest BCUT2D eigenvalue weighted by atomic mass is 10.1. The average Bonchev–Trinajstić information content (AvgIpc) is 3.30. The Bertz CT molecular complexity index is 486. The van der Waals surface area contributed by atoms with Crippen molar-refractivity contribution in [1.29, 1.82) is 5.26 Å². The zero-order valence-electron chi connectivity index (χ0n) is 11.8. The van der Waals surface area contributed by atoms with Gasteiger partial charge in [0, 0.05) is 5.56 Å². The van der Waals surface area contributed by atoms with E-state index in [0.29, 0.717) is 18.1 Å². The lowest BCUT2D eigenvalue weighted by Crippen LogP contribution is -2.35. The van der Waals surface area contributed by atoms with E-state index in [1.165, 1.54) is 0 Å². The van der Waals surface area contributed by atoms with E-state index < -0.39 is 0 Å². The summed E-state index contributed by atoms with van der Waals surface area (Å²) in [5.74, 6) is 0.915. The summed E-state index contributed by atoms with van der Waals surface area (Å²) in [4.78, 5) is 12.0. The van der Waals surface area contributed by atoms with Gasteiger partial charge in [-0.15, -0.1) is 0 Å². The van der Waals surface area contributed by atoms with Crippen LogP contribution in [0.3, 0.4) is 0 Å². The van der Waals surface area contributed by atoms with Crippen molar-refractivity contribution in [2.75, 3.05) is 6.61 Å². The molecule has 0 aromatic heterocycles. The van der Waals surface area contributed by atoms with E-state index in [9.17, 15) is 4.79 Å². The molecule has 1 N–H and O–H groups in total. The summed E-state index contributed by atoms with van der Waals surface area (Å²) < 4.78 is 5.55. The maximum atomic E-state index is 12.0. The highest BCUT2D eigenvalue weighted by atomic mass is 16.5. The average molecular weight is 272 g/mol. The molecule has 0 saturated heterocycles. The number of rotatable bonds is 7. The second kappa shape index (κ2) is 6.95. The third-order valence-corrected chi connectivity index (χ3v) is 3.40. The standard InChI is InChI=1S/C16H20N2O2/c1-2-3-10-20-14-8-6-13(7-9-14)16(19)18-15(11-17)12-4-5-12/h6-9,12,15H,2-5,10H2,1H3,(H,18,19). The van der Waals surface area contributed by atoms with Crippen LogP contribution in [-0.2, 0) is 0 Å². The fourth-order valence-electron chi connectivity index (χ4n) is 1.95. The first-order valence-corrected chi connectivity index (χ1v) is 7.18. The molecule has 1 aromatic rings. The Balaban J connectivity index is 1.88. The molecule has 1 aromatic carbocycles. The van der Waals surface area contributed by atoms with Crippen molar-refractivity contribution in [3.8, 4) is 11.8 Å². The van der Waals surface area contributed by atoms with E-state index in [0.717, 1.165) is 31.4 Å². The molecule has 1 saturated carbocycles. The SMILES string of the molecule is CCCCOc1ccc(C(=O)NC(C#N)C2CC2)cc1. The monoisotopic (exact) mass is 272 g/mol. The second-order valence-corrected chi connectivity index (χ2v) is 5.14. The smallest absolute Gasteiger partial charge is 0.252 e. The Morgan fingerprint density at radius 1 is 1.45 bits per heavy atom. The number of carbonyl (C=O) groups is 1. The highest BCUT2D eigenvalue weighted by molar-refractivity contribution is 5.94. The van der Waals surface area contributed by atoms with Gasteiger partial charge in [-0.2, -0.15) is 5.26 Å². The third kappa shape index (κ3) is 3.99. The molecule has 2 rings (SSSR count). The molecule has 4 heteroatoms. The molecule has 4 nitrogen and oxygen atoms in total. The van der Waals surface area contributed by atoms with Gasteiger partial charge >= 0.3 is 0 Å². The highest BCUT2D eigenvalue weighted by Crippen LogP contribution is 2.32. The maximum Gasteiger partial charge on any atom is 0.252 e. The van der Waals surface area contributed by atoms with Crippen LogP contribution in [0.2, 0.25) is 0 Å². The molecule has 0 bridgehead atoms. The van der Waals surface area contributed by atoms with Gasteiger partial charge in [-0.05, 0) is 49.4 Å². The first-order valence-electron chi connectivity index (χ1n) is 7.18. The normalized spacial score (nSPS) is 15.2. The maximum absolute atomic E-state index is 12.0. The minimum atomic E-state index is -0.358. The van der Waals surface area contributed by atoms with Crippen LogP contribution < -0.4 is 10.1 Å². The fourth-order valence-corrected chi connectivity index (χ4v) is 1.95. The summed E-state index contributed by atoms with van der Waals surface area (Å²) in [6.07, 6.45) is 4.18. The van der Waals surface area contributed by atoms with E-state index >= 15 is 0 Å². The van der Waals surface area contributed by atoms with Crippen molar-refractivity contribution in [3.05, 3.63) is 29.8 Å². The number of nitriles is 1. The van der Waals surface area contributed by atoms with Gasteiger partial charge in [-0.25, -0.2) is 0 Å². The van der Waals surface area contributed by atoms with Gasteiger partial charge in [-0.3, -0.25) is 4.79 Å². The summed E-state index contributed by atoms with van der Waals surface area (Å²) in [5, 5.41) is 11.8. The van der Waals surface area contributed by atoms with Crippen molar-refractivity contribution in [2.24, 2.45) is 5.92 Å². The molecule has 106 valence electrons. The van der Waals surface area contributed by atoms with Crippen molar-refractivity contribution in [2.45, 2.75) is 38.6 Å². The lowest BCUT2D eigenvalue weighted by molar-refractivity contribution is 0.0942. The predicted octanol–water partition coefficient (Wildman–Crippen LogP) is 2.90. The zero-order valence-corrected chi connectivity index (χ0v) is 11.8. The van der Waals surface area contributed by atoms with E-state index in [2.05, 4.69) is 18.3 Å². The number of unbranched alkanes of at least 4 members (excludes halogenated alkanes) is 1.